The molecule has 3 nitrogen and oxygen atoms in total. The molecule has 1 saturated heterocycles. The summed E-state index contributed by atoms with van der Waals surface area (Å²) in [5, 5.41) is 0.614. The van der Waals surface area contributed by atoms with E-state index in [4.69, 9.17) is 16.3 Å². The maximum absolute atomic E-state index is 6.02. The predicted molar refractivity (Wildman–Crippen MR) is 60.0 cm³/mol. The van der Waals surface area contributed by atoms with E-state index < -0.39 is 0 Å². The van der Waals surface area contributed by atoms with Crippen LogP contribution in [0.4, 0.5) is 0 Å². The maximum Gasteiger partial charge on any atom is 0.133 e. The van der Waals surface area contributed by atoms with Gasteiger partial charge in [-0.3, -0.25) is 4.90 Å². The summed E-state index contributed by atoms with van der Waals surface area (Å²) in [5.74, 6) is 0. The van der Waals surface area contributed by atoms with Gasteiger partial charge in [0, 0.05) is 38.0 Å². The zero-order valence-electron chi connectivity index (χ0n) is 8.66. The van der Waals surface area contributed by atoms with E-state index in [1.807, 2.05) is 12.1 Å². The molecule has 1 aliphatic heterocycles. The molecule has 1 fully saturated rings. The van der Waals surface area contributed by atoms with Crippen molar-refractivity contribution in [2.24, 2.45) is 0 Å². The van der Waals surface area contributed by atoms with Crippen molar-refractivity contribution < 1.29 is 4.74 Å². The van der Waals surface area contributed by atoms with Gasteiger partial charge in [0.1, 0.15) is 5.15 Å². The Morgan fingerprint density at radius 2 is 2.33 bits per heavy atom. The van der Waals surface area contributed by atoms with Crippen molar-refractivity contribution in [3.05, 3.63) is 29.0 Å². The molecular formula is C11H15ClN2O. The molecule has 15 heavy (non-hydrogen) atoms. The Morgan fingerprint density at radius 3 is 3.20 bits per heavy atom. The Morgan fingerprint density at radius 1 is 1.40 bits per heavy atom. The molecule has 0 amide bonds. The first-order valence-electron chi connectivity index (χ1n) is 5.26. The van der Waals surface area contributed by atoms with E-state index in [1.54, 1.807) is 6.20 Å². The summed E-state index contributed by atoms with van der Waals surface area (Å²) in [6, 6.07) is 3.95. The molecule has 0 bridgehead atoms. The molecule has 0 spiro atoms. The Hall–Kier alpha value is -0.640. The van der Waals surface area contributed by atoms with Gasteiger partial charge in [0.25, 0.3) is 0 Å². The van der Waals surface area contributed by atoms with Crippen molar-refractivity contribution in [3.63, 3.8) is 0 Å². The second kappa shape index (κ2) is 5.45. The lowest BCUT2D eigenvalue weighted by atomic mass is 10.2. The zero-order valence-corrected chi connectivity index (χ0v) is 9.41. The van der Waals surface area contributed by atoms with E-state index in [-0.39, 0.29) is 0 Å². The standard InChI is InChI=1S/C11H15ClN2O/c12-11-10(3-1-4-13-11)9-14-5-2-7-15-8-6-14/h1,3-4H,2,5-9H2. The average molecular weight is 227 g/mol. The van der Waals surface area contributed by atoms with Gasteiger partial charge in [-0.1, -0.05) is 17.7 Å². The van der Waals surface area contributed by atoms with Gasteiger partial charge in [0.15, 0.2) is 0 Å². The zero-order chi connectivity index (χ0) is 10.5. The lowest BCUT2D eigenvalue weighted by Gasteiger charge is -2.19. The number of pyridine rings is 1. The van der Waals surface area contributed by atoms with Crippen molar-refractivity contribution >= 4 is 11.6 Å². The lowest BCUT2D eigenvalue weighted by Crippen LogP contribution is -2.26. The monoisotopic (exact) mass is 226 g/mol. The van der Waals surface area contributed by atoms with E-state index in [9.17, 15) is 0 Å². The molecule has 82 valence electrons. The van der Waals surface area contributed by atoms with Gasteiger partial charge in [-0.2, -0.15) is 0 Å². The molecular weight excluding hydrogens is 212 g/mol. The number of hydrogen-bond donors (Lipinski definition) is 0. The molecule has 1 aromatic heterocycles. The van der Waals surface area contributed by atoms with Crippen LogP contribution in [-0.4, -0.2) is 36.2 Å². The van der Waals surface area contributed by atoms with Crippen LogP contribution in [0.15, 0.2) is 18.3 Å². The number of ether oxygens (including phenoxy) is 1. The third-order valence-corrected chi connectivity index (χ3v) is 2.89. The molecule has 0 radical (unpaired) electrons. The largest absolute Gasteiger partial charge is 0.380 e. The number of hydrogen-bond acceptors (Lipinski definition) is 3. The van der Waals surface area contributed by atoms with Crippen LogP contribution >= 0.6 is 11.6 Å². The number of nitrogens with zero attached hydrogens (tertiary/aromatic N) is 2. The van der Waals surface area contributed by atoms with Gasteiger partial charge in [0.05, 0.1) is 6.61 Å². The first kappa shape index (κ1) is 10.9. The molecule has 0 unspecified atom stereocenters. The second-order valence-electron chi connectivity index (χ2n) is 3.70. The first-order chi connectivity index (χ1) is 7.36. The molecule has 0 N–H and O–H groups in total. The van der Waals surface area contributed by atoms with Crippen molar-refractivity contribution in [2.75, 3.05) is 26.3 Å². The van der Waals surface area contributed by atoms with Crippen LogP contribution in [-0.2, 0) is 11.3 Å². The number of rotatable bonds is 2. The van der Waals surface area contributed by atoms with Crippen LogP contribution in [0.2, 0.25) is 5.15 Å². The van der Waals surface area contributed by atoms with Crippen molar-refractivity contribution in [1.29, 1.82) is 0 Å². The van der Waals surface area contributed by atoms with E-state index in [0.717, 1.165) is 44.8 Å². The van der Waals surface area contributed by atoms with Gasteiger partial charge < -0.3 is 4.74 Å². The fourth-order valence-electron chi connectivity index (χ4n) is 1.73. The number of halogens is 1. The first-order valence-corrected chi connectivity index (χ1v) is 5.63. The molecule has 0 aromatic carbocycles. The van der Waals surface area contributed by atoms with E-state index in [2.05, 4.69) is 9.88 Å². The van der Waals surface area contributed by atoms with Crippen LogP contribution in [0.5, 0.6) is 0 Å². The molecule has 1 aromatic rings. The van der Waals surface area contributed by atoms with Crippen LogP contribution < -0.4 is 0 Å². The minimum Gasteiger partial charge on any atom is -0.380 e. The summed E-state index contributed by atoms with van der Waals surface area (Å²) in [6.45, 7) is 4.61. The minimum atomic E-state index is 0.614. The summed E-state index contributed by atoms with van der Waals surface area (Å²) in [5.41, 5.74) is 1.10. The molecule has 0 saturated carbocycles. The average Bonchev–Trinajstić information content (AvgIpc) is 2.50. The molecule has 1 aliphatic rings. The molecule has 4 heteroatoms. The molecule has 0 aliphatic carbocycles. The molecule has 2 heterocycles. The SMILES string of the molecule is Clc1ncccc1CN1CCCOCC1. The highest BCUT2D eigenvalue weighted by Gasteiger charge is 2.11. The predicted octanol–water partition coefficient (Wildman–Crippen LogP) is 1.96. The summed E-state index contributed by atoms with van der Waals surface area (Å²) in [6.07, 6.45) is 2.81. The summed E-state index contributed by atoms with van der Waals surface area (Å²) in [7, 11) is 0. The fourth-order valence-corrected chi connectivity index (χ4v) is 1.91. The smallest absolute Gasteiger partial charge is 0.133 e. The van der Waals surface area contributed by atoms with Crippen molar-refractivity contribution in [3.8, 4) is 0 Å². The van der Waals surface area contributed by atoms with Gasteiger partial charge in [-0.25, -0.2) is 4.98 Å². The highest BCUT2D eigenvalue weighted by molar-refractivity contribution is 6.30. The summed E-state index contributed by atoms with van der Waals surface area (Å²) in [4.78, 5) is 6.43. The third-order valence-electron chi connectivity index (χ3n) is 2.55. The normalized spacial score (nSPS) is 18.7. The van der Waals surface area contributed by atoms with E-state index in [0.29, 0.717) is 5.15 Å². The highest BCUT2D eigenvalue weighted by Crippen LogP contribution is 2.14. The third kappa shape index (κ3) is 3.16. The quantitative estimate of drug-likeness (QED) is 0.721. The Labute approximate surface area is 95.0 Å². The van der Waals surface area contributed by atoms with Gasteiger partial charge in [-0.05, 0) is 12.5 Å². The minimum absolute atomic E-state index is 0.614. The van der Waals surface area contributed by atoms with Crippen LogP contribution in [0.3, 0.4) is 0 Å². The van der Waals surface area contributed by atoms with Crippen molar-refractivity contribution in [2.45, 2.75) is 13.0 Å². The van der Waals surface area contributed by atoms with E-state index in [1.165, 1.54) is 0 Å². The van der Waals surface area contributed by atoms with E-state index >= 15 is 0 Å². The molecule has 2 rings (SSSR count). The topological polar surface area (TPSA) is 25.4 Å². The second-order valence-corrected chi connectivity index (χ2v) is 4.05. The van der Waals surface area contributed by atoms with Crippen molar-refractivity contribution in [1.82, 2.24) is 9.88 Å². The van der Waals surface area contributed by atoms with Gasteiger partial charge in [-0.15, -0.1) is 0 Å². The maximum atomic E-state index is 6.02. The summed E-state index contributed by atoms with van der Waals surface area (Å²) < 4.78 is 5.40. The Balaban J connectivity index is 1.98. The van der Waals surface area contributed by atoms with Crippen LogP contribution in [0.1, 0.15) is 12.0 Å². The fraction of sp³-hybridized carbons (Fsp3) is 0.545. The summed E-state index contributed by atoms with van der Waals surface area (Å²) >= 11 is 6.02. The Kier molecular flexibility index (Phi) is 3.94. The highest BCUT2D eigenvalue weighted by atomic mass is 35.5. The van der Waals surface area contributed by atoms with Crippen LogP contribution in [0.25, 0.3) is 0 Å². The van der Waals surface area contributed by atoms with Gasteiger partial charge in [0.2, 0.25) is 0 Å². The lowest BCUT2D eigenvalue weighted by molar-refractivity contribution is 0.140. The Bertz CT molecular complexity index is 311. The van der Waals surface area contributed by atoms with Gasteiger partial charge >= 0.3 is 0 Å². The number of aromatic nitrogens is 1. The molecule has 0 atom stereocenters. The van der Waals surface area contributed by atoms with Crippen LogP contribution in [0, 0.1) is 0 Å².